The van der Waals surface area contributed by atoms with Crippen molar-refractivity contribution in [3.63, 3.8) is 0 Å². The van der Waals surface area contributed by atoms with Crippen molar-refractivity contribution in [1.82, 2.24) is 0 Å². The van der Waals surface area contributed by atoms with Crippen LogP contribution in [0.25, 0.3) is 0 Å². The van der Waals surface area contributed by atoms with Crippen LogP contribution in [-0.4, -0.2) is 48.8 Å². The lowest BCUT2D eigenvalue weighted by Gasteiger charge is -2.37. The number of rotatable bonds is 6. The van der Waals surface area contributed by atoms with Crippen LogP contribution in [0.3, 0.4) is 0 Å². The molecule has 0 heterocycles. The minimum Gasteiger partial charge on any atom is -0.458 e. The Morgan fingerprint density at radius 3 is 2.00 bits per heavy atom. The van der Waals surface area contributed by atoms with Gasteiger partial charge in [-0.1, -0.05) is 12.2 Å². The quantitative estimate of drug-likeness (QED) is 0.378. The van der Waals surface area contributed by atoms with E-state index in [-0.39, 0.29) is 11.8 Å². The molecule has 10 heteroatoms. The molecule has 0 aromatic heterocycles. The molecule has 0 aromatic carbocycles. The topological polar surface area (TPSA) is 44.8 Å². The first-order chi connectivity index (χ1) is 12.1. The highest BCUT2D eigenvalue weighted by atomic mass is 19.4. The van der Waals surface area contributed by atoms with Crippen molar-refractivity contribution in [3.8, 4) is 0 Å². The van der Waals surface area contributed by atoms with Gasteiger partial charge in [-0.05, 0) is 39.5 Å². The van der Waals surface area contributed by atoms with Gasteiger partial charge in [-0.15, -0.1) is 0 Å². The van der Waals surface area contributed by atoms with E-state index < -0.39 is 48.8 Å². The fraction of sp³-hybridized carbons (Fsp3) is 0.824. The molecule has 27 heavy (non-hydrogen) atoms. The van der Waals surface area contributed by atoms with Gasteiger partial charge in [-0.2, -0.15) is 26.3 Å². The average molecular weight is 404 g/mol. The number of carbonyl (C=O) groups is 1. The molecular weight excluding hydrogens is 382 g/mol. The first kappa shape index (κ1) is 22.0. The number of halogens is 6. The highest BCUT2D eigenvalue weighted by molar-refractivity contribution is 5.71. The third-order valence-electron chi connectivity index (χ3n) is 4.49. The Bertz CT molecular complexity index is 561. The van der Waals surface area contributed by atoms with Gasteiger partial charge in [0, 0.05) is 5.92 Å². The second-order valence-corrected chi connectivity index (χ2v) is 7.83. The van der Waals surface area contributed by atoms with E-state index >= 15 is 0 Å². The van der Waals surface area contributed by atoms with Gasteiger partial charge in [0.15, 0.2) is 0 Å². The Morgan fingerprint density at radius 2 is 1.59 bits per heavy atom. The van der Waals surface area contributed by atoms with Gasteiger partial charge >= 0.3 is 18.3 Å². The van der Waals surface area contributed by atoms with E-state index in [0.29, 0.717) is 12.8 Å². The molecule has 2 aliphatic rings. The molecule has 0 amide bonds. The Kier molecular flexibility index (Phi) is 5.93. The Morgan fingerprint density at radius 1 is 1.00 bits per heavy atom. The van der Waals surface area contributed by atoms with Crippen LogP contribution < -0.4 is 0 Å². The SMILES string of the molecule is CC(C)(C)OC(=O)COC(COC1CC2C=CC1C2)(C(F)(F)F)C(F)(F)F. The van der Waals surface area contributed by atoms with E-state index in [0.717, 1.165) is 0 Å². The summed E-state index contributed by atoms with van der Waals surface area (Å²) in [4.78, 5) is 11.6. The number of fused-ring (bicyclic) bond motifs is 2. The highest BCUT2D eigenvalue weighted by Gasteiger charge is 2.73. The third-order valence-corrected chi connectivity index (χ3v) is 4.49. The summed E-state index contributed by atoms with van der Waals surface area (Å²) in [5.41, 5.74) is -5.69. The minimum atomic E-state index is -5.83. The van der Waals surface area contributed by atoms with Crippen molar-refractivity contribution in [2.45, 2.75) is 63.3 Å². The van der Waals surface area contributed by atoms with Gasteiger partial charge in [0.2, 0.25) is 0 Å². The molecule has 3 unspecified atom stereocenters. The Hall–Kier alpha value is -1.29. The lowest BCUT2D eigenvalue weighted by molar-refractivity contribution is -0.391. The Balaban J connectivity index is 2.14. The monoisotopic (exact) mass is 404 g/mol. The lowest BCUT2D eigenvalue weighted by Crippen LogP contribution is -2.62. The van der Waals surface area contributed by atoms with E-state index in [1.807, 2.05) is 6.08 Å². The molecular formula is C17H22F6O4. The van der Waals surface area contributed by atoms with Crippen LogP contribution >= 0.6 is 0 Å². The number of ether oxygens (including phenoxy) is 3. The number of carbonyl (C=O) groups excluding carboxylic acids is 1. The number of hydrogen-bond acceptors (Lipinski definition) is 4. The summed E-state index contributed by atoms with van der Waals surface area (Å²) in [7, 11) is 0. The molecule has 2 bridgehead atoms. The van der Waals surface area contributed by atoms with E-state index in [1.54, 1.807) is 6.08 Å². The molecule has 4 nitrogen and oxygen atoms in total. The first-order valence-electron chi connectivity index (χ1n) is 8.44. The fourth-order valence-corrected chi connectivity index (χ4v) is 3.23. The van der Waals surface area contributed by atoms with Crippen LogP contribution in [-0.2, 0) is 19.0 Å². The molecule has 0 aromatic rings. The number of allylic oxidation sites excluding steroid dienone is 1. The number of hydrogen-bond donors (Lipinski definition) is 0. The standard InChI is InChI=1S/C17H22F6O4/c1-14(2,3)27-13(24)8-26-15(16(18,19)20,17(21,22)23)9-25-12-7-10-4-5-11(12)6-10/h4-5,10-12H,6-9H2,1-3H3. The number of esters is 1. The molecule has 156 valence electrons. The zero-order chi connectivity index (χ0) is 20.7. The summed E-state index contributed by atoms with van der Waals surface area (Å²) in [6.07, 6.45) is -7.78. The van der Waals surface area contributed by atoms with Crippen molar-refractivity contribution in [2.75, 3.05) is 13.2 Å². The predicted molar refractivity (Wildman–Crippen MR) is 81.7 cm³/mol. The van der Waals surface area contributed by atoms with Gasteiger partial charge in [-0.3, -0.25) is 0 Å². The average Bonchev–Trinajstić information content (AvgIpc) is 3.05. The van der Waals surface area contributed by atoms with Gasteiger partial charge in [0.25, 0.3) is 5.60 Å². The molecule has 0 saturated heterocycles. The van der Waals surface area contributed by atoms with E-state index in [9.17, 15) is 31.1 Å². The van der Waals surface area contributed by atoms with Crippen LogP contribution in [0.2, 0.25) is 0 Å². The molecule has 0 radical (unpaired) electrons. The van der Waals surface area contributed by atoms with Crippen molar-refractivity contribution in [3.05, 3.63) is 12.2 Å². The summed E-state index contributed by atoms with van der Waals surface area (Å²) in [5, 5.41) is 0. The van der Waals surface area contributed by atoms with Gasteiger partial charge in [-0.25, -0.2) is 4.79 Å². The normalized spacial score (nSPS) is 25.9. The Labute approximate surface area is 152 Å². The molecule has 0 N–H and O–H groups in total. The van der Waals surface area contributed by atoms with Gasteiger partial charge < -0.3 is 14.2 Å². The van der Waals surface area contributed by atoms with Crippen molar-refractivity contribution in [2.24, 2.45) is 11.8 Å². The van der Waals surface area contributed by atoms with Gasteiger partial charge in [0.1, 0.15) is 12.2 Å². The largest absolute Gasteiger partial charge is 0.458 e. The summed E-state index contributed by atoms with van der Waals surface area (Å²) in [6, 6.07) is 0. The fourth-order valence-electron chi connectivity index (χ4n) is 3.23. The van der Waals surface area contributed by atoms with Crippen LogP contribution in [0.5, 0.6) is 0 Å². The molecule has 2 aliphatic carbocycles. The molecule has 0 spiro atoms. The van der Waals surface area contributed by atoms with Gasteiger partial charge in [0.05, 0.1) is 12.7 Å². The zero-order valence-electron chi connectivity index (χ0n) is 15.1. The molecule has 1 saturated carbocycles. The van der Waals surface area contributed by atoms with Crippen LogP contribution in [0.4, 0.5) is 26.3 Å². The second-order valence-electron chi connectivity index (χ2n) is 7.83. The summed E-state index contributed by atoms with van der Waals surface area (Å²) in [5.74, 6) is -1.43. The van der Waals surface area contributed by atoms with E-state index in [2.05, 4.69) is 4.74 Å². The van der Waals surface area contributed by atoms with E-state index in [1.165, 1.54) is 20.8 Å². The van der Waals surface area contributed by atoms with E-state index in [4.69, 9.17) is 9.47 Å². The molecule has 3 atom stereocenters. The van der Waals surface area contributed by atoms with Crippen LogP contribution in [0.1, 0.15) is 33.6 Å². The molecule has 2 rings (SSSR count). The van der Waals surface area contributed by atoms with Crippen molar-refractivity contribution in [1.29, 1.82) is 0 Å². The maximum Gasteiger partial charge on any atom is 0.428 e. The zero-order valence-corrected chi connectivity index (χ0v) is 15.1. The number of alkyl halides is 6. The molecule has 0 aliphatic heterocycles. The van der Waals surface area contributed by atoms with Crippen LogP contribution in [0, 0.1) is 11.8 Å². The first-order valence-corrected chi connectivity index (χ1v) is 8.44. The van der Waals surface area contributed by atoms with Crippen molar-refractivity contribution >= 4 is 5.97 Å². The van der Waals surface area contributed by atoms with Crippen molar-refractivity contribution < 1.29 is 45.3 Å². The summed E-state index contributed by atoms with van der Waals surface area (Å²) >= 11 is 0. The highest BCUT2D eigenvalue weighted by Crippen LogP contribution is 2.48. The minimum absolute atomic E-state index is 0.105. The smallest absolute Gasteiger partial charge is 0.428 e. The summed E-state index contributed by atoms with van der Waals surface area (Å²) in [6.45, 7) is 1.01. The van der Waals surface area contributed by atoms with Crippen LogP contribution in [0.15, 0.2) is 12.2 Å². The third kappa shape index (κ3) is 4.96. The maximum atomic E-state index is 13.4. The molecule has 1 fully saturated rings. The second kappa shape index (κ2) is 7.27. The predicted octanol–water partition coefficient (Wildman–Crippen LogP) is 4.19. The lowest BCUT2D eigenvalue weighted by atomic mass is 10.0. The summed E-state index contributed by atoms with van der Waals surface area (Å²) < 4.78 is 94.5. The maximum absolute atomic E-state index is 13.4.